The zero-order chi connectivity index (χ0) is 11.9. The molecule has 0 aliphatic rings. The Morgan fingerprint density at radius 1 is 1.33 bits per heavy atom. The van der Waals surface area contributed by atoms with Crippen molar-refractivity contribution >= 4 is 15.9 Å². The van der Waals surface area contributed by atoms with Crippen LogP contribution >= 0.6 is 0 Å². The summed E-state index contributed by atoms with van der Waals surface area (Å²) in [5, 5.41) is 2.52. The van der Waals surface area contributed by atoms with E-state index in [0.717, 1.165) is 6.26 Å². The van der Waals surface area contributed by atoms with Gasteiger partial charge in [0, 0.05) is 13.1 Å². The Bertz CT molecular complexity index is 287. The van der Waals surface area contributed by atoms with E-state index >= 15 is 0 Å². The van der Waals surface area contributed by atoms with Gasteiger partial charge in [-0.15, -0.1) is 0 Å². The monoisotopic (exact) mass is 238 g/mol. The van der Waals surface area contributed by atoms with E-state index in [1.165, 1.54) is 0 Å². The maximum Gasteiger partial charge on any atom is 0.246 e. The van der Waals surface area contributed by atoms with E-state index in [1.807, 2.05) is 13.8 Å². The zero-order valence-corrected chi connectivity index (χ0v) is 10.1. The van der Waals surface area contributed by atoms with Crippen LogP contribution in [-0.4, -0.2) is 46.4 Å². The van der Waals surface area contributed by atoms with Crippen molar-refractivity contribution in [1.82, 2.24) is 10.0 Å². The Labute approximate surface area is 90.4 Å². The van der Waals surface area contributed by atoms with Gasteiger partial charge in [-0.1, -0.05) is 0 Å². The van der Waals surface area contributed by atoms with E-state index in [4.69, 9.17) is 4.74 Å². The van der Waals surface area contributed by atoms with Gasteiger partial charge in [-0.3, -0.25) is 4.79 Å². The van der Waals surface area contributed by atoms with Crippen molar-refractivity contribution in [2.75, 3.05) is 26.0 Å². The van der Waals surface area contributed by atoms with E-state index in [-0.39, 0.29) is 31.7 Å². The van der Waals surface area contributed by atoms with Gasteiger partial charge in [0.15, 0.2) is 0 Å². The molecule has 0 aromatic carbocycles. The van der Waals surface area contributed by atoms with Crippen LogP contribution in [0.5, 0.6) is 0 Å². The third-order valence-electron chi connectivity index (χ3n) is 1.36. The minimum Gasteiger partial charge on any atom is -0.369 e. The molecule has 0 bridgehead atoms. The lowest BCUT2D eigenvalue weighted by Crippen LogP contribution is -2.36. The molecular formula is C8H18N2O4S. The normalized spacial score (nSPS) is 11.7. The third-order valence-corrected chi connectivity index (χ3v) is 2.09. The average molecular weight is 238 g/mol. The van der Waals surface area contributed by atoms with Gasteiger partial charge in [0.25, 0.3) is 0 Å². The molecule has 1 amide bonds. The molecule has 0 heterocycles. The van der Waals surface area contributed by atoms with Crippen LogP contribution < -0.4 is 10.0 Å². The van der Waals surface area contributed by atoms with Crippen LogP contribution in [-0.2, 0) is 19.6 Å². The number of carbonyl (C=O) groups is 1. The molecule has 0 saturated heterocycles. The van der Waals surface area contributed by atoms with E-state index in [1.54, 1.807) is 0 Å². The Balaban J connectivity index is 3.48. The van der Waals surface area contributed by atoms with Crippen molar-refractivity contribution < 1.29 is 17.9 Å². The Morgan fingerprint density at radius 2 is 1.93 bits per heavy atom. The average Bonchev–Trinajstić information content (AvgIpc) is 2.07. The fourth-order valence-corrected chi connectivity index (χ4v) is 1.20. The van der Waals surface area contributed by atoms with Crippen molar-refractivity contribution in [1.29, 1.82) is 0 Å². The van der Waals surface area contributed by atoms with Gasteiger partial charge in [0.1, 0.15) is 6.61 Å². The molecule has 6 nitrogen and oxygen atoms in total. The fraction of sp³-hybridized carbons (Fsp3) is 0.875. The van der Waals surface area contributed by atoms with Crippen LogP contribution in [0.25, 0.3) is 0 Å². The first-order valence-corrected chi connectivity index (χ1v) is 6.53. The van der Waals surface area contributed by atoms with Crippen molar-refractivity contribution in [3.63, 3.8) is 0 Å². The topological polar surface area (TPSA) is 84.5 Å². The van der Waals surface area contributed by atoms with Crippen LogP contribution in [0, 0.1) is 0 Å². The third kappa shape index (κ3) is 11.3. The lowest BCUT2D eigenvalue weighted by Gasteiger charge is -2.08. The SMILES string of the molecule is CC(C)OCC(=O)NCCNS(C)(=O)=O. The molecule has 0 atom stereocenters. The predicted octanol–water partition coefficient (Wildman–Crippen LogP) is -0.923. The quantitative estimate of drug-likeness (QED) is 0.562. The highest BCUT2D eigenvalue weighted by molar-refractivity contribution is 7.88. The number of rotatable bonds is 7. The van der Waals surface area contributed by atoms with Gasteiger partial charge in [0.05, 0.1) is 12.4 Å². The molecule has 15 heavy (non-hydrogen) atoms. The molecule has 0 saturated carbocycles. The molecule has 2 N–H and O–H groups in total. The van der Waals surface area contributed by atoms with E-state index in [2.05, 4.69) is 10.0 Å². The van der Waals surface area contributed by atoms with Crippen molar-refractivity contribution in [3.05, 3.63) is 0 Å². The van der Waals surface area contributed by atoms with E-state index in [0.29, 0.717) is 0 Å². The highest BCUT2D eigenvalue weighted by Crippen LogP contribution is 1.85. The molecule has 0 rings (SSSR count). The zero-order valence-electron chi connectivity index (χ0n) is 9.24. The Kier molecular flexibility index (Phi) is 6.46. The molecule has 0 spiro atoms. The predicted molar refractivity (Wildman–Crippen MR) is 56.9 cm³/mol. The summed E-state index contributed by atoms with van der Waals surface area (Å²) in [5.41, 5.74) is 0. The van der Waals surface area contributed by atoms with Crippen LogP contribution in [0.4, 0.5) is 0 Å². The summed E-state index contributed by atoms with van der Waals surface area (Å²) < 4.78 is 28.6. The number of hydrogen-bond donors (Lipinski definition) is 2. The van der Waals surface area contributed by atoms with Crippen molar-refractivity contribution in [2.45, 2.75) is 20.0 Å². The van der Waals surface area contributed by atoms with E-state index in [9.17, 15) is 13.2 Å². The molecule has 0 aliphatic heterocycles. The fourth-order valence-electron chi connectivity index (χ4n) is 0.732. The van der Waals surface area contributed by atoms with Gasteiger partial charge >= 0.3 is 0 Å². The molecular weight excluding hydrogens is 220 g/mol. The molecule has 0 unspecified atom stereocenters. The smallest absolute Gasteiger partial charge is 0.246 e. The number of carbonyl (C=O) groups excluding carboxylic acids is 1. The largest absolute Gasteiger partial charge is 0.369 e. The van der Waals surface area contributed by atoms with Gasteiger partial charge in [-0.05, 0) is 13.8 Å². The summed E-state index contributed by atoms with van der Waals surface area (Å²) in [6.45, 7) is 4.10. The second-order valence-corrected chi connectivity index (χ2v) is 5.21. The summed E-state index contributed by atoms with van der Waals surface area (Å²) in [4.78, 5) is 11.1. The minimum absolute atomic E-state index is 0.00343. The number of hydrogen-bond acceptors (Lipinski definition) is 4. The first-order chi connectivity index (χ1) is 6.81. The first kappa shape index (κ1) is 14.3. The number of nitrogens with one attached hydrogen (secondary N) is 2. The summed E-state index contributed by atoms with van der Waals surface area (Å²) in [7, 11) is -3.18. The molecule has 0 aliphatic carbocycles. The first-order valence-electron chi connectivity index (χ1n) is 4.64. The standard InChI is InChI=1S/C8H18N2O4S/c1-7(2)14-6-8(11)9-4-5-10-15(3,12)13/h7,10H,4-6H2,1-3H3,(H,9,11). The second-order valence-electron chi connectivity index (χ2n) is 3.38. The molecule has 0 aromatic rings. The van der Waals surface area contributed by atoms with Crippen LogP contribution in [0.2, 0.25) is 0 Å². The van der Waals surface area contributed by atoms with Crippen molar-refractivity contribution in [2.24, 2.45) is 0 Å². The maximum absolute atomic E-state index is 11.1. The van der Waals surface area contributed by atoms with E-state index < -0.39 is 10.0 Å². The number of amides is 1. The number of ether oxygens (including phenoxy) is 1. The van der Waals surface area contributed by atoms with Gasteiger partial charge in [0.2, 0.25) is 15.9 Å². The number of sulfonamides is 1. The maximum atomic E-state index is 11.1. The summed E-state index contributed by atoms with van der Waals surface area (Å²) in [6.07, 6.45) is 1.07. The minimum atomic E-state index is -3.18. The Hall–Kier alpha value is -0.660. The molecule has 90 valence electrons. The van der Waals surface area contributed by atoms with Crippen molar-refractivity contribution in [3.8, 4) is 0 Å². The van der Waals surface area contributed by atoms with Crippen LogP contribution in [0.3, 0.4) is 0 Å². The molecule has 0 aromatic heterocycles. The molecule has 7 heteroatoms. The van der Waals surface area contributed by atoms with Gasteiger partial charge < -0.3 is 10.1 Å². The van der Waals surface area contributed by atoms with Gasteiger partial charge in [-0.25, -0.2) is 13.1 Å². The lowest BCUT2D eigenvalue weighted by molar-refractivity contribution is -0.127. The Morgan fingerprint density at radius 3 is 2.40 bits per heavy atom. The highest BCUT2D eigenvalue weighted by Gasteiger charge is 2.03. The van der Waals surface area contributed by atoms with Crippen LogP contribution in [0.1, 0.15) is 13.8 Å². The summed E-state index contributed by atoms with van der Waals surface area (Å²) in [6, 6.07) is 0. The molecule has 0 radical (unpaired) electrons. The molecule has 0 fully saturated rings. The lowest BCUT2D eigenvalue weighted by atomic mass is 10.5. The van der Waals surface area contributed by atoms with Gasteiger partial charge in [-0.2, -0.15) is 0 Å². The summed E-state index contributed by atoms with van der Waals surface area (Å²) in [5.74, 6) is -0.251. The second kappa shape index (κ2) is 6.76. The summed E-state index contributed by atoms with van der Waals surface area (Å²) >= 11 is 0. The highest BCUT2D eigenvalue weighted by atomic mass is 32.2. The van der Waals surface area contributed by atoms with Crippen LogP contribution in [0.15, 0.2) is 0 Å².